The lowest BCUT2D eigenvalue weighted by molar-refractivity contribution is 0.878. The van der Waals surface area contributed by atoms with Crippen molar-refractivity contribution in [2.45, 2.75) is 31.0 Å². The second kappa shape index (κ2) is 5.12. The lowest BCUT2D eigenvalue weighted by Crippen LogP contribution is -1.98. The van der Waals surface area contributed by atoms with Crippen molar-refractivity contribution in [1.82, 2.24) is 15.0 Å². The van der Waals surface area contributed by atoms with E-state index in [9.17, 15) is 0 Å². The van der Waals surface area contributed by atoms with Gasteiger partial charge in [-0.1, -0.05) is 11.6 Å². The topological polar surface area (TPSA) is 64.7 Å². The number of hydrogen-bond acceptors (Lipinski definition) is 5. The normalized spacial score (nSPS) is 10.7. The highest BCUT2D eigenvalue weighted by molar-refractivity contribution is 7.99. The van der Waals surface area contributed by atoms with Crippen LogP contribution in [0.15, 0.2) is 22.4 Å². The predicted octanol–water partition coefficient (Wildman–Crippen LogP) is 3.18. The van der Waals surface area contributed by atoms with E-state index < -0.39 is 0 Å². The standard InChI is InChI=1S/C12H13ClN4S/c1-6-7(2)16-12(17-8(6)3)18-11-10(13)4-9(14)5-15-11/h4-5H,14H2,1-3H3. The Morgan fingerprint density at radius 1 is 1.17 bits per heavy atom. The predicted molar refractivity (Wildman–Crippen MR) is 74.0 cm³/mol. The zero-order valence-corrected chi connectivity index (χ0v) is 11.9. The molecule has 4 nitrogen and oxygen atoms in total. The molecule has 0 amide bonds. The first-order valence-electron chi connectivity index (χ1n) is 5.38. The Hall–Kier alpha value is -1.33. The van der Waals surface area contributed by atoms with Crippen molar-refractivity contribution < 1.29 is 0 Å². The fraction of sp³-hybridized carbons (Fsp3) is 0.250. The fourth-order valence-electron chi connectivity index (χ4n) is 1.39. The maximum atomic E-state index is 6.07. The van der Waals surface area contributed by atoms with Gasteiger partial charge in [-0.3, -0.25) is 0 Å². The second-order valence-electron chi connectivity index (χ2n) is 3.96. The molecule has 6 heteroatoms. The Balaban J connectivity index is 2.34. The van der Waals surface area contributed by atoms with Crippen LogP contribution in [0.25, 0.3) is 0 Å². The van der Waals surface area contributed by atoms with Gasteiger partial charge in [0.2, 0.25) is 0 Å². The zero-order valence-electron chi connectivity index (χ0n) is 10.4. The number of nitrogens with two attached hydrogens (primary N) is 1. The van der Waals surface area contributed by atoms with Crippen LogP contribution in [0.3, 0.4) is 0 Å². The van der Waals surface area contributed by atoms with E-state index in [0.717, 1.165) is 17.0 Å². The lowest BCUT2D eigenvalue weighted by atomic mass is 10.2. The summed E-state index contributed by atoms with van der Waals surface area (Å²) in [5, 5.41) is 1.82. The maximum absolute atomic E-state index is 6.07. The summed E-state index contributed by atoms with van der Waals surface area (Å²) in [4.78, 5) is 13.0. The van der Waals surface area contributed by atoms with Gasteiger partial charge in [-0.15, -0.1) is 0 Å². The van der Waals surface area contributed by atoms with Crippen molar-refractivity contribution in [2.24, 2.45) is 0 Å². The van der Waals surface area contributed by atoms with E-state index in [1.807, 2.05) is 20.8 Å². The van der Waals surface area contributed by atoms with Crippen LogP contribution in [-0.4, -0.2) is 15.0 Å². The maximum Gasteiger partial charge on any atom is 0.194 e. The van der Waals surface area contributed by atoms with Gasteiger partial charge in [0.15, 0.2) is 5.16 Å². The number of rotatable bonds is 2. The third-order valence-electron chi connectivity index (χ3n) is 2.63. The molecule has 0 aromatic carbocycles. The molecule has 94 valence electrons. The summed E-state index contributed by atoms with van der Waals surface area (Å²) in [6.07, 6.45) is 1.57. The summed E-state index contributed by atoms with van der Waals surface area (Å²) in [6, 6.07) is 1.67. The molecular weight excluding hydrogens is 268 g/mol. The molecule has 2 rings (SSSR count). The largest absolute Gasteiger partial charge is 0.397 e. The molecule has 0 radical (unpaired) electrons. The van der Waals surface area contributed by atoms with Gasteiger partial charge in [-0.05, 0) is 44.2 Å². The molecule has 2 heterocycles. The Labute approximate surface area is 115 Å². The van der Waals surface area contributed by atoms with Crippen LogP contribution in [0, 0.1) is 20.8 Å². The lowest BCUT2D eigenvalue weighted by Gasteiger charge is -2.07. The van der Waals surface area contributed by atoms with Gasteiger partial charge in [0.25, 0.3) is 0 Å². The molecule has 2 aromatic heterocycles. The minimum Gasteiger partial charge on any atom is -0.397 e. The molecular formula is C12H13ClN4S. The van der Waals surface area contributed by atoms with Crippen LogP contribution in [0.1, 0.15) is 17.0 Å². The first kappa shape index (κ1) is 13.1. The molecule has 0 bridgehead atoms. The first-order chi connectivity index (χ1) is 8.47. The zero-order chi connectivity index (χ0) is 13.3. The molecule has 2 aromatic rings. The van der Waals surface area contributed by atoms with E-state index in [4.69, 9.17) is 17.3 Å². The summed E-state index contributed by atoms with van der Waals surface area (Å²) in [7, 11) is 0. The van der Waals surface area contributed by atoms with E-state index in [-0.39, 0.29) is 0 Å². The van der Waals surface area contributed by atoms with E-state index in [2.05, 4.69) is 15.0 Å². The average molecular weight is 281 g/mol. The minimum atomic E-state index is 0.513. The Bertz CT molecular complexity index is 578. The molecule has 0 fully saturated rings. The number of aryl methyl sites for hydroxylation is 2. The smallest absolute Gasteiger partial charge is 0.194 e. The van der Waals surface area contributed by atoms with Gasteiger partial charge in [0.05, 0.1) is 16.9 Å². The van der Waals surface area contributed by atoms with Crippen LogP contribution in [0.2, 0.25) is 5.02 Å². The van der Waals surface area contributed by atoms with Gasteiger partial charge in [-0.2, -0.15) is 0 Å². The van der Waals surface area contributed by atoms with Crippen LogP contribution in [0.4, 0.5) is 5.69 Å². The van der Waals surface area contributed by atoms with Gasteiger partial charge < -0.3 is 5.73 Å². The SMILES string of the molecule is Cc1nc(Sc2ncc(N)cc2Cl)nc(C)c1C. The Morgan fingerprint density at radius 2 is 1.78 bits per heavy atom. The molecule has 0 unspecified atom stereocenters. The molecule has 0 atom stereocenters. The van der Waals surface area contributed by atoms with Crippen LogP contribution < -0.4 is 5.73 Å². The van der Waals surface area contributed by atoms with Gasteiger partial charge in [0.1, 0.15) is 5.03 Å². The third-order valence-corrected chi connectivity index (χ3v) is 3.91. The quantitative estimate of drug-likeness (QED) is 0.856. The summed E-state index contributed by atoms with van der Waals surface area (Å²) in [6.45, 7) is 5.94. The molecule has 0 saturated carbocycles. The summed E-state index contributed by atoms with van der Waals surface area (Å²) in [5.41, 5.74) is 9.19. The second-order valence-corrected chi connectivity index (χ2v) is 5.32. The summed E-state index contributed by atoms with van der Waals surface area (Å²) < 4.78 is 0. The number of pyridine rings is 1. The monoisotopic (exact) mass is 280 g/mol. The molecule has 18 heavy (non-hydrogen) atoms. The number of anilines is 1. The van der Waals surface area contributed by atoms with Gasteiger partial charge in [-0.25, -0.2) is 15.0 Å². The van der Waals surface area contributed by atoms with Crippen molar-refractivity contribution >= 4 is 29.1 Å². The number of nitrogen functional groups attached to an aromatic ring is 1. The fourth-order valence-corrected chi connectivity index (χ4v) is 2.48. The van der Waals surface area contributed by atoms with E-state index in [0.29, 0.717) is 20.9 Å². The van der Waals surface area contributed by atoms with Crippen molar-refractivity contribution in [3.8, 4) is 0 Å². The third kappa shape index (κ3) is 2.73. The minimum absolute atomic E-state index is 0.513. The highest BCUT2D eigenvalue weighted by atomic mass is 35.5. The van der Waals surface area contributed by atoms with Crippen LogP contribution >= 0.6 is 23.4 Å². The molecule has 0 spiro atoms. The van der Waals surface area contributed by atoms with Gasteiger partial charge in [0, 0.05) is 11.4 Å². The molecule has 0 saturated heterocycles. The van der Waals surface area contributed by atoms with Crippen molar-refractivity contribution in [3.05, 3.63) is 34.2 Å². The van der Waals surface area contributed by atoms with Gasteiger partial charge >= 0.3 is 0 Å². The van der Waals surface area contributed by atoms with E-state index >= 15 is 0 Å². The number of hydrogen-bond donors (Lipinski definition) is 1. The number of aromatic nitrogens is 3. The first-order valence-corrected chi connectivity index (χ1v) is 6.57. The van der Waals surface area contributed by atoms with Crippen molar-refractivity contribution in [2.75, 3.05) is 5.73 Å². The highest BCUT2D eigenvalue weighted by Crippen LogP contribution is 2.30. The molecule has 0 aliphatic rings. The van der Waals surface area contributed by atoms with E-state index in [1.54, 1.807) is 12.3 Å². The number of nitrogens with zero attached hydrogens (tertiary/aromatic N) is 3. The van der Waals surface area contributed by atoms with Crippen LogP contribution in [0.5, 0.6) is 0 Å². The van der Waals surface area contributed by atoms with Crippen molar-refractivity contribution in [3.63, 3.8) is 0 Å². The van der Waals surface area contributed by atoms with Crippen molar-refractivity contribution in [1.29, 1.82) is 0 Å². The number of halogens is 1. The molecule has 0 aliphatic carbocycles. The summed E-state index contributed by atoms with van der Waals surface area (Å²) >= 11 is 7.41. The Morgan fingerprint density at radius 3 is 2.33 bits per heavy atom. The molecule has 0 aliphatic heterocycles. The Kier molecular flexibility index (Phi) is 3.73. The molecule has 2 N–H and O–H groups in total. The van der Waals surface area contributed by atoms with Crippen LogP contribution in [-0.2, 0) is 0 Å². The highest BCUT2D eigenvalue weighted by Gasteiger charge is 2.10. The summed E-state index contributed by atoms with van der Waals surface area (Å²) in [5.74, 6) is 0. The van der Waals surface area contributed by atoms with E-state index in [1.165, 1.54) is 11.8 Å². The average Bonchev–Trinajstić information content (AvgIpc) is 2.29.